The van der Waals surface area contributed by atoms with Crippen LogP contribution in [0, 0.1) is 12.8 Å². The van der Waals surface area contributed by atoms with Gasteiger partial charge in [0.2, 0.25) is 11.8 Å². The molecule has 3 aromatic carbocycles. The van der Waals surface area contributed by atoms with E-state index in [2.05, 4.69) is 32.7 Å². The fourth-order valence-electron chi connectivity index (χ4n) is 5.99. The SMILES string of the molecule is Cc1ccc(CN(C(=O)Cn2nnc3ccccc32)[C@@H](C(=O)Nc2ccc(N3CCOCC3)cc2)[C@H]2CC=CCC2)cc1. The average molecular weight is 579 g/mol. The highest BCUT2D eigenvalue weighted by Crippen LogP contribution is 2.29. The molecule has 9 heteroatoms. The van der Waals surface area contributed by atoms with Gasteiger partial charge in [0.05, 0.1) is 18.7 Å². The molecule has 0 radical (unpaired) electrons. The van der Waals surface area contributed by atoms with Crippen molar-refractivity contribution in [3.8, 4) is 0 Å². The summed E-state index contributed by atoms with van der Waals surface area (Å²) in [6.07, 6.45) is 6.73. The number of nitrogens with one attached hydrogen (secondary N) is 1. The number of anilines is 2. The third-order valence-corrected chi connectivity index (χ3v) is 8.37. The summed E-state index contributed by atoms with van der Waals surface area (Å²) in [5.74, 6) is -0.364. The third-order valence-electron chi connectivity index (χ3n) is 8.37. The van der Waals surface area contributed by atoms with Crippen LogP contribution in [0.15, 0.2) is 84.9 Å². The van der Waals surface area contributed by atoms with E-state index in [1.165, 1.54) is 0 Å². The van der Waals surface area contributed by atoms with Crippen molar-refractivity contribution in [2.24, 2.45) is 5.92 Å². The maximum absolute atomic E-state index is 14.2. The van der Waals surface area contributed by atoms with Gasteiger partial charge in [-0.1, -0.05) is 59.3 Å². The number of rotatable bonds is 9. The second kappa shape index (κ2) is 13.2. The predicted molar refractivity (Wildman–Crippen MR) is 168 cm³/mol. The molecule has 2 aliphatic rings. The summed E-state index contributed by atoms with van der Waals surface area (Å²) in [6.45, 7) is 5.47. The minimum Gasteiger partial charge on any atom is -0.378 e. The Hall–Kier alpha value is -4.50. The van der Waals surface area contributed by atoms with E-state index in [1.807, 2.05) is 79.7 Å². The molecular weight excluding hydrogens is 540 g/mol. The van der Waals surface area contributed by atoms with Gasteiger partial charge in [-0.3, -0.25) is 9.59 Å². The van der Waals surface area contributed by atoms with E-state index < -0.39 is 6.04 Å². The quantitative estimate of drug-likeness (QED) is 0.282. The molecule has 9 nitrogen and oxygen atoms in total. The van der Waals surface area contributed by atoms with E-state index in [4.69, 9.17) is 4.74 Å². The van der Waals surface area contributed by atoms with Crippen LogP contribution >= 0.6 is 0 Å². The Morgan fingerprint density at radius 1 is 1.00 bits per heavy atom. The van der Waals surface area contributed by atoms with E-state index >= 15 is 0 Å². The Morgan fingerprint density at radius 2 is 1.77 bits per heavy atom. The minimum absolute atomic E-state index is 0.00698. The van der Waals surface area contributed by atoms with Crippen molar-refractivity contribution in [3.63, 3.8) is 0 Å². The highest BCUT2D eigenvalue weighted by molar-refractivity contribution is 5.97. The van der Waals surface area contributed by atoms with Gasteiger partial charge < -0.3 is 19.9 Å². The van der Waals surface area contributed by atoms with E-state index in [0.717, 1.165) is 60.2 Å². The molecule has 0 unspecified atom stereocenters. The zero-order valence-electron chi connectivity index (χ0n) is 24.6. The molecule has 2 amide bonds. The number of nitrogens with zero attached hydrogens (tertiary/aromatic N) is 5. The largest absolute Gasteiger partial charge is 0.378 e. The summed E-state index contributed by atoms with van der Waals surface area (Å²) in [5, 5.41) is 11.7. The predicted octanol–water partition coefficient (Wildman–Crippen LogP) is 4.97. The van der Waals surface area contributed by atoms with Crippen molar-refractivity contribution in [2.45, 2.75) is 45.3 Å². The summed E-state index contributed by atoms with van der Waals surface area (Å²) in [7, 11) is 0. The molecule has 0 spiro atoms. The Balaban J connectivity index is 1.29. The van der Waals surface area contributed by atoms with E-state index in [9.17, 15) is 9.59 Å². The molecule has 2 heterocycles. The number of morpholine rings is 1. The lowest BCUT2D eigenvalue weighted by Gasteiger charge is -2.37. The minimum atomic E-state index is -0.660. The number of carbonyl (C=O) groups excluding carboxylic acids is 2. The monoisotopic (exact) mass is 578 g/mol. The first-order valence-corrected chi connectivity index (χ1v) is 15.1. The lowest BCUT2D eigenvalue weighted by atomic mass is 9.85. The topological polar surface area (TPSA) is 92.6 Å². The first kappa shape index (κ1) is 28.6. The van der Waals surface area contributed by atoms with Gasteiger partial charge in [0, 0.05) is 31.0 Å². The molecule has 1 aliphatic heterocycles. The molecule has 6 rings (SSSR count). The van der Waals surface area contributed by atoms with Crippen LogP contribution in [0.4, 0.5) is 11.4 Å². The molecule has 1 aliphatic carbocycles. The van der Waals surface area contributed by atoms with Gasteiger partial charge in [-0.15, -0.1) is 5.10 Å². The zero-order valence-corrected chi connectivity index (χ0v) is 24.6. The molecule has 0 bridgehead atoms. The molecule has 1 aromatic heterocycles. The zero-order chi connectivity index (χ0) is 29.6. The summed E-state index contributed by atoms with van der Waals surface area (Å²) in [5.41, 5.74) is 5.44. The van der Waals surface area contributed by atoms with Crippen LogP contribution in [0.3, 0.4) is 0 Å². The van der Waals surface area contributed by atoms with Gasteiger partial charge >= 0.3 is 0 Å². The van der Waals surface area contributed by atoms with Crippen molar-refractivity contribution < 1.29 is 14.3 Å². The number of hydrogen-bond acceptors (Lipinski definition) is 6. The highest BCUT2D eigenvalue weighted by atomic mass is 16.5. The third kappa shape index (κ3) is 6.78. The molecular formula is C34H38N6O3. The fraction of sp³-hybridized carbons (Fsp3) is 0.353. The van der Waals surface area contributed by atoms with Crippen LogP contribution in [0.5, 0.6) is 0 Å². The van der Waals surface area contributed by atoms with E-state index in [1.54, 1.807) is 9.58 Å². The van der Waals surface area contributed by atoms with Crippen molar-refractivity contribution in [3.05, 3.63) is 96.1 Å². The van der Waals surface area contributed by atoms with Crippen molar-refractivity contribution in [1.82, 2.24) is 19.9 Å². The fourth-order valence-corrected chi connectivity index (χ4v) is 5.99. The number of ether oxygens (including phenoxy) is 1. The number of amides is 2. The molecule has 1 N–H and O–H groups in total. The van der Waals surface area contributed by atoms with Gasteiger partial charge in [-0.2, -0.15) is 0 Å². The molecule has 0 saturated carbocycles. The lowest BCUT2D eigenvalue weighted by Crippen LogP contribution is -2.52. The van der Waals surface area contributed by atoms with Crippen molar-refractivity contribution in [2.75, 3.05) is 36.5 Å². The summed E-state index contributed by atoms with van der Waals surface area (Å²) >= 11 is 0. The smallest absolute Gasteiger partial charge is 0.247 e. The van der Waals surface area contributed by atoms with E-state index in [-0.39, 0.29) is 24.3 Å². The van der Waals surface area contributed by atoms with Crippen LogP contribution in [0.2, 0.25) is 0 Å². The number of allylic oxidation sites excluding steroid dienone is 2. The molecule has 1 saturated heterocycles. The Morgan fingerprint density at radius 3 is 2.51 bits per heavy atom. The number of fused-ring (bicyclic) bond motifs is 1. The molecule has 43 heavy (non-hydrogen) atoms. The number of benzene rings is 3. The molecule has 4 aromatic rings. The standard InChI is InChI=1S/C34H38N6O3/c1-25-11-13-26(14-12-25)23-39(32(41)24-40-31-10-6-5-9-30(31)36-37-40)33(27-7-3-2-4-8-27)34(42)35-28-15-17-29(18-16-28)38-19-21-43-22-20-38/h2-3,5-6,9-18,27,33H,4,7-8,19-24H2,1H3,(H,35,42)/t27-,33+/m0/s1. The van der Waals surface area contributed by atoms with Crippen LogP contribution in [0.1, 0.15) is 30.4 Å². The van der Waals surface area contributed by atoms with Gasteiger partial charge in [0.15, 0.2) is 0 Å². The highest BCUT2D eigenvalue weighted by Gasteiger charge is 2.37. The summed E-state index contributed by atoms with van der Waals surface area (Å²) in [6, 6.07) is 23.0. The van der Waals surface area contributed by atoms with Gasteiger partial charge in [-0.25, -0.2) is 4.68 Å². The number of carbonyl (C=O) groups is 2. The van der Waals surface area contributed by atoms with Crippen LogP contribution in [-0.2, 0) is 27.4 Å². The number of para-hydroxylation sites is 1. The first-order valence-electron chi connectivity index (χ1n) is 15.1. The Labute approximate surface area is 252 Å². The first-order chi connectivity index (χ1) is 21.0. The van der Waals surface area contributed by atoms with Crippen LogP contribution in [0.25, 0.3) is 11.0 Å². The average Bonchev–Trinajstić information content (AvgIpc) is 3.45. The van der Waals surface area contributed by atoms with Gasteiger partial charge in [0.25, 0.3) is 0 Å². The van der Waals surface area contributed by atoms with Crippen LogP contribution in [-0.4, -0.2) is 64.1 Å². The number of aryl methyl sites for hydroxylation is 1. The maximum Gasteiger partial charge on any atom is 0.247 e. The number of aromatic nitrogens is 3. The van der Waals surface area contributed by atoms with Gasteiger partial charge in [-0.05, 0) is 74.1 Å². The second-order valence-electron chi connectivity index (χ2n) is 11.4. The maximum atomic E-state index is 14.2. The van der Waals surface area contributed by atoms with Gasteiger partial charge in [0.1, 0.15) is 18.1 Å². The summed E-state index contributed by atoms with van der Waals surface area (Å²) < 4.78 is 7.11. The van der Waals surface area contributed by atoms with E-state index in [0.29, 0.717) is 25.4 Å². The Kier molecular flexibility index (Phi) is 8.79. The summed E-state index contributed by atoms with van der Waals surface area (Å²) in [4.78, 5) is 32.5. The van der Waals surface area contributed by atoms with Crippen molar-refractivity contribution >= 4 is 34.2 Å². The lowest BCUT2D eigenvalue weighted by molar-refractivity contribution is -0.142. The Bertz CT molecular complexity index is 1570. The normalized spacial score (nSPS) is 17.5. The number of hydrogen-bond donors (Lipinski definition) is 1. The molecule has 222 valence electrons. The van der Waals surface area contributed by atoms with Crippen molar-refractivity contribution in [1.29, 1.82) is 0 Å². The second-order valence-corrected chi connectivity index (χ2v) is 11.4. The van der Waals surface area contributed by atoms with Crippen LogP contribution < -0.4 is 10.2 Å². The molecule has 2 atom stereocenters. The molecule has 1 fully saturated rings.